The minimum atomic E-state index is -0.109. The van der Waals surface area contributed by atoms with Crippen LogP contribution in [0, 0.1) is 0 Å². The third kappa shape index (κ3) is 0.228. The smallest absolute Gasteiger partial charge is 0.300 e. The van der Waals surface area contributed by atoms with Crippen molar-refractivity contribution in [2.45, 2.75) is 0 Å². The minimum Gasteiger partial charge on any atom is -0.492 e. The molecule has 0 aromatic carbocycles. The lowest BCUT2D eigenvalue weighted by Crippen LogP contribution is -1.81. The van der Waals surface area contributed by atoms with E-state index in [0.29, 0.717) is 5.65 Å². The molecule has 0 aliphatic carbocycles. The van der Waals surface area contributed by atoms with Crippen molar-refractivity contribution in [3.8, 4) is 5.88 Å². The second kappa shape index (κ2) is 0.774. The third-order valence-electron chi connectivity index (χ3n) is 1.05. The lowest BCUT2D eigenvalue weighted by molar-refractivity contribution is 0.456. The van der Waals surface area contributed by atoms with Crippen LogP contribution in [0.15, 0.2) is 11.0 Å². The molecule has 2 heterocycles. The van der Waals surface area contributed by atoms with Gasteiger partial charge < -0.3 is 5.11 Å². The number of hydrogen-bond donors (Lipinski definition) is 1. The molecule has 0 radical (unpaired) electrons. The molecule has 0 aliphatic rings. The van der Waals surface area contributed by atoms with E-state index in [0.717, 1.165) is 0 Å². The largest absolute Gasteiger partial charge is 0.492 e. The first kappa shape index (κ1) is 3.65. The molecule has 0 spiro atoms. The molecule has 2 rings (SSSR count). The summed E-state index contributed by atoms with van der Waals surface area (Å²) in [6.45, 7) is 0. The molecule has 0 amide bonds. The minimum absolute atomic E-state index is 0.0837. The van der Waals surface area contributed by atoms with Crippen molar-refractivity contribution in [3.63, 3.8) is 0 Å². The number of aromatic hydroxyl groups is 1. The lowest BCUT2D eigenvalue weighted by Gasteiger charge is -1.69. The summed E-state index contributed by atoms with van der Waals surface area (Å²) in [5.74, 6) is -0.0837. The van der Waals surface area contributed by atoms with Gasteiger partial charge in [0.2, 0.25) is 11.5 Å². The lowest BCUT2D eigenvalue weighted by atomic mass is 10.8. The maximum atomic E-state index is 10.3. The first-order chi connectivity index (χ1) is 3.79. The van der Waals surface area contributed by atoms with E-state index in [2.05, 4.69) is 4.98 Å². The average Bonchev–Trinajstić information content (AvgIpc) is 2.29. The van der Waals surface area contributed by atoms with Crippen molar-refractivity contribution < 1.29 is 5.11 Å². The van der Waals surface area contributed by atoms with Crippen LogP contribution in [0.3, 0.4) is 0 Å². The second-order valence-corrected chi connectivity index (χ2v) is 1.60. The summed E-state index contributed by atoms with van der Waals surface area (Å²) in [4.78, 5) is 13.7. The first-order valence-electron chi connectivity index (χ1n) is 2.12. The second-order valence-electron chi connectivity index (χ2n) is 1.60. The van der Waals surface area contributed by atoms with Crippen LogP contribution in [0.25, 0.3) is 5.65 Å². The number of rotatable bonds is 0. The van der Waals surface area contributed by atoms with Crippen molar-refractivity contribution in [2.75, 3.05) is 0 Å². The van der Waals surface area contributed by atoms with E-state index in [-0.39, 0.29) is 11.4 Å². The van der Waals surface area contributed by atoms with Crippen molar-refractivity contribution in [2.24, 2.45) is 0 Å². The Bertz CT molecular complexity index is 310. The van der Waals surface area contributed by atoms with Crippen molar-refractivity contribution in [1.82, 2.24) is 9.38 Å². The van der Waals surface area contributed by atoms with Crippen molar-refractivity contribution >= 4 is 5.65 Å². The molecule has 0 bridgehead atoms. The molecule has 0 saturated heterocycles. The molecule has 0 aliphatic heterocycles. The van der Waals surface area contributed by atoms with Gasteiger partial charge in [-0.15, -0.1) is 0 Å². The highest BCUT2D eigenvalue weighted by Crippen LogP contribution is 2.07. The fourth-order valence-electron chi connectivity index (χ4n) is 0.627. The monoisotopic (exact) mass is 110 g/mol. The highest BCUT2D eigenvalue weighted by Gasteiger charge is 2.14. The molecule has 4 heteroatoms. The normalized spacial score (nSPS) is 11.5. The van der Waals surface area contributed by atoms with Crippen LogP contribution < -0.4 is 5.56 Å². The van der Waals surface area contributed by atoms with Gasteiger partial charge in [0.05, 0.1) is 6.20 Å². The Balaban J connectivity index is 2.93. The molecule has 0 unspecified atom stereocenters. The summed E-state index contributed by atoms with van der Waals surface area (Å²) in [6.07, 6.45) is 1.29. The fourth-order valence-corrected chi connectivity index (χ4v) is 0.627. The Hall–Kier alpha value is -1.32. The van der Waals surface area contributed by atoms with Crippen LogP contribution in [-0.4, -0.2) is 14.5 Å². The zero-order chi connectivity index (χ0) is 5.72. The van der Waals surface area contributed by atoms with E-state index in [4.69, 9.17) is 5.11 Å². The SMILES string of the molecule is O=c1c2nc(O)cn12. The Kier molecular flexibility index (Phi) is 0.353. The van der Waals surface area contributed by atoms with E-state index in [1.165, 1.54) is 10.6 Å². The summed E-state index contributed by atoms with van der Waals surface area (Å²) in [5.41, 5.74) is 0.241. The number of fused-ring (bicyclic) bond motifs is 1. The molecular weight excluding hydrogens is 108 g/mol. The molecule has 0 atom stereocenters. The van der Waals surface area contributed by atoms with E-state index in [9.17, 15) is 4.79 Å². The van der Waals surface area contributed by atoms with Gasteiger partial charge in [0, 0.05) is 0 Å². The topological polar surface area (TPSA) is 54.6 Å². The van der Waals surface area contributed by atoms with Crippen LogP contribution in [0.5, 0.6) is 5.88 Å². The Morgan fingerprint density at radius 1 is 1.75 bits per heavy atom. The standard InChI is InChI=1S/C4H2N2O2/c7-2-1-6-3(5-2)4(6)8/h1,7H. The zero-order valence-electron chi connectivity index (χ0n) is 3.83. The highest BCUT2D eigenvalue weighted by atomic mass is 16.3. The van der Waals surface area contributed by atoms with Gasteiger partial charge in [0.15, 0.2) is 0 Å². The molecule has 1 N–H and O–H groups in total. The first-order valence-corrected chi connectivity index (χ1v) is 2.12. The van der Waals surface area contributed by atoms with Crippen LogP contribution in [0.2, 0.25) is 0 Å². The van der Waals surface area contributed by atoms with E-state index >= 15 is 0 Å². The molecule has 0 saturated carbocycles. The zero-order valence-corrected chi connectivity index (χ0v) is 3.83. The summed E-state index contributed by atoms with van der Waals surface area (Å²) in [5, 5.41) is 8.53. The number of hydrogen-bond acceptors (Lipinski definition) is 3. The van der Waals surface area contributed by atoms with Crippen LogP contribution in [-0.2, 0) is 0 Å². The van der Waals surface area contributed by atoms with E-state index < -0.39 is 0 Å². The van der Waals surface area contributed by atoms with E-state index in [1.54, 1.807) is 0 Å². The van der Waals surface area contributed by atoms with Gasteiger partial charge >= 0.3 is 0 Å². The van der Waals surface area contributed by atoms with Crippen molar-refractivity contribution in [1.29, 1.82) is 0 Å². The molecule has 2 aromatic heterocycles. The van der Waals surface area contributed by atoms with Crippen LogP contribution in [0.1, 0.15) is 0 Å². The predicted octanol–water partition coefficient (Wildman–Crippen LogP) is -0.724. The number of nitrogens with zero attached hydrogens (tertiary/aromatic N) is 2. The van der Waals surface area contributed by atoms with Gasteiger partial charge in [-0.25, -0.2) is 0 Å². The Morgan fingerprint density at radius 2 is 2.50 bits per heavy atom. The maximum absolute atomic E-state index is 10.3. The van der Waals surface area contributed by atoms with Crippen LogP contribution >= 0.6 is 0 Å². The van der Waals surface area contributed by atoms with Gasteiger partial charge in [-0.1, -0.05) is 0 Å². The highest BCUT2D eigenvalue weighted by molar-refractivity contribution is 5.48. The molecular formula is C4H2N2O2. The van der Waals surface area contributed by atoms with Gasteiger partial charge in [-0.2, -0.15) is 4.98 Å². The summed E-state index contributed by atoms with van der Waals surface area (Å²) < 4.78 is 1.29. The average molecular weight is 110 g/mol. The van der Waals surface area contributed by atoms with Gasteiger partial charge in [-0.05, 0) is 0 Å². The summed E-state index contributed by atoms with van der Waals surface area (Å²) in [7, 11) is 0. The molecule has 2 aromatic rings. The van der Waals surface area contributed by atoms with Gasteiger partial charge in [0.1, 0.15) is 0 Å². The summed E-state index contributed by atoms with van der Waals surface area (Å²) in [6, 6.07) is 0. The molecule has 4 nitrogen and oxygen atoms in total. The number of imidazole rings is 1. The Labute approximate surface area is 43.7 Å². The molecule has 0 fully saturated rings. The van der Waals surface area contributed by atoms with Gasteiger partial charge in [-0.3, -0.25) is 9.20 Å². The number of aromatic nitrogens is 2. The summed E-state index contributed by atoms with van der Waals surface area (Å²) >= 11 is 0. The maximum Gasteiger partial charge on any atom is 0.300 e. The fraction of sp³-hybridized carbons (Fsp3) is 0. The molecule has 8 heavy (non-hydrogen) atoms. The van der Waals surface area contributed by atoms with E-state index in [1.807, 2.05) is 0 Å². The predicted molar refractivity (Wildman–Crippen MR) is 25.5 cm³/mol. The van der Waals surface area contributed by atoms with Gasteiger partial charge in [0.25, 0.3) is 5.56 Å². The quantitative estimate of drug-likeness (QED) is 0.486. The van der Waals surface area contributed by atoms with Crippen molar-refractivity contribution in [3.05, 3.63) is 16.6 Å². The third-order valence-corrected chi connectivity index (χ3v) is 1.05. The Morgan fingerprint density at radius 3 is 2.88 bits per heavy atom. The van der Waals surface area contributed by atoms with Crippen LogP contribution in [0.4, 0.5) is 0 Å². The molecule has 40 valence electrons.